The van der Waals surface area contributed by atoms with Crippen molar-refractivity contribution in [1.82, 2.24) is 0 Å². The maximum atomic E-state index is 11.2. The van der Waals surface area contributed by atoms with Crippen LogP contribution >= 0.6 is 0 Å². The highest BCUT2D eigenvalue weighted by molar-refractivity contribution is 5.92. The minimum Gasteiger partial charge on any atom is -0.481 e. The van der Waals surface area contributed by atoms with E-state index in [0.29, 0.717) is 6.61 Å². The first-order valence-electron chi connectivity index (χ1n) is 7.67. The van der Waals surface area contributed by atoms with Gasteiger partial charge in [0.15, 0.2) is 0 Å². The van der Waals surface area contributed by atoms with Crippen molar-refractivity contribution < 1.29 is 29.3 Å². The molecule has 0 bridgehead atoms. The van der Waals surface area contributed by atoms with Gasteiger partial charge in [-0.1, -0.05) is 52.2 Å². The van der Waals surface area contributed by atoms with E-state index in [-0.39, 0.29) is 17.6 Å². The molecule has 0 aromatic carbocycles. The number of esters is 1. The van der Waals surface area contributed by atoms with Gasteiger partial charge >= 0.3 is 17.9 Å². The van der Waals surface area contributed by atoms with Gasteiger partial charge in [-0.2, -0.15) is 0 Å². The van der Waals surface area contributed by atoms with Gasteiger partial charge in [-0.3, -0.25) is 4.79 Å². The molecule has 6 nitrogen and oxygen atoms in total. The second-order valence-corrected chi connectivity index (χ2v) is 5.16. The first-order chi connectivity index (χ1) is 10.7. The number of carboxylic acid groups (broad SMARTS) is 2. The SMILES string of the molecule is C=C(C)C(=O)O.C=C(CC(=O)O)C(=O)OCCCCCCCC. The summed E-state index contributed by atoms with van der Waals surface area (Å²) in [6.45, 7) is 10.5. The summed E-state index contributed by atoms with van der Waals surface area (Å²) in [5.74, 6) is -2.59. The summed E-state index contributed by atoms with van der Waals surface area (Å²) >= 11 is 0. The third-order valence-corrected chi connectivity index (χ3v) is 2.75. The Kier molecular flexibility index (Phi) is 14.9. The minimum absolute atomic E-state index is 0.00322. The number of carbonyl (C=O) groups excluding carboxylic acids is 1. The van der Waals surface area contributed by atoms with Crippen molar-refractivity contribution in [3.63, 3.8) is 0 Å². The highest BCUT2D eigenvalue weighted by Crippen LogP contribution is 2.06. The normalized spacial score (nSPS) is 9.30. The monoisotopic (exact) mass is 328 g/mol. The van der Waals surface area contributed by atoms with Gasteiger partial charge < -0.3 is 14.9 Å². The van der Waals surface area contributed by atoms with E-state index in [2.05, 4.69) is 20.1 Å². The molecule has 0 aromatic heterocycles. The Morgan fingerprint density at radius 2 is 1.43 bits per heavy atom. The molecule has 0 aliphatic carbocycles. The van der Waals surface area contributed by atoms with Crippen molar-refractivity contribution in [3.05, 3.63) is 24.3 Å². The van der Waals surface area contributed by atoms with E-state index < -0.39 is 17.9 Å². The van der Waals surface area contributed by atoms with Gasteiger partial charge in [0.2, 0.25) is 0 Å². The molecule has 2 N–H and O–H groups in total. The van der Waals surface area contributed by atoms with Crippen LogP contribution in [0.1, 0.15) is 58.8 Å². The van der Waals surface area contributed by atoms with Crippen LogP contribution in [0.15, 0.2) is 24.3 Å². The van der Waals surface area contributed by atoms with Crippen LogP contribution in [0.4, 0.5) is 0 Å². The molecule has 0 saturated heterocycles. The Hall–Kier alpha value is -2.11. The fourth-order valence-corrected chi connectivity index (χ4v) is 1.40. The molecule has 0 saturated carbocycles. The van der Waals surface area contributed by atoms with Crippen LogP contribution in [0.3, 0.4) is 0 Å². The van der Waals surface area contributed by atoms with Crippen LogP contribution in [0.5, 0.6) is 0 Å². The second-order valence-electron chi connectivity index (χ2n) is 5.16. The van der Waals surface area contributed by atoms with Crippen molar-refractivity contribution in [3.8, 4) is 0 Å². The number of carbonyl (C=O) groups is 3. The van der Waals surface area contributed by atoms with E-state index in [1.807, 2.05) is 0 Å². The number of hydrogen-bond donors (Lipinski definition) is 2. The quantitative estimate of drug-likeness (QED) is 0.341. The van der Waals surface area contributed by atoms with Gasteiger partial charge in [0, 0.05) is 11.1 Å². The van der Waals surface area contributed by atoms with E-state index in [1.165, 1.54) is 26.2 Å². The molecule has 0 radical (unpaired) electrons. The molecule has 0 aliphatic rings. The lowest BCUT2D eigenvalue weighted by molar-refractivity contribution is -0.142. The van der Waals surface area contributed by atoms with E-state index in [4.69, 9.17) is 14.9 Å². The summed E-state index contributed by atoms with van der Waals surface area (Å²) in [5, 5.41) is 16.3. The first-order valence-corrected chi connectivity index (χ1v) is 7.67. The highest BCUT2D eigenvalue weighted by Gasteiger charge is 2.11. The van der Waals surface area contributed by atoms with E-state index >= 15 is 0 Å². The van der Waals surface area contributed by atoms with Crippen LogP contribution in [-0.2, 0) is 19.1 Å². The lowest BCUT2D eigenvalue weighted by Crippen LogP contribution is -2.11. The fourth-order valence-electron chi connectivity index (χ4n) is 1.40. The minimum atomic E-state index is -1.06. The number of carboxylic acids is 2. The predicted octanol–water partition coefficient (Wildman–Crippen LogP) is 3.57. The second kappa shape index (κ2) is 14.8. The van der Waals surface area contributed by atoms with Crippen molar-refractivity contribution >= 4 is 17.9 Å². The van der Waals surface area contributed by atoms with Gasteiger partial charge in [0.05, 0.1) is 13.0 Å². The van der Waals surface area contributed by atoms with Gasteiger partial charge in [-0.15, -0.1) is 0 Å². The Morgan fingerprint density at radius 1 is 0.957 bits per heavy atom. The summed E-state index contributed by atoms with van der Waals surface area (Å²) in [6.07, 6.45) is 6.35. The van der Waals surface area contributed by atoms with Crippen LogP contribution in [0.2, 0.25) is 0 Å². The van der Waals surface area contributed by atoms with Gasteiger partial charge in [0.1, 0.15) is 0 Å². The lowest BCUT2D eigenvalue weighted by Gasteiger charge is -2.05. The van der Waals surface area contributed by atoms with E-state index in [9.17, 15) is 14.4 Å². The van der Waals surface area contributed by atoms with Gasteiger partial charge in [-0.05, 0) is 13.3 Å². The van der Waals surface area contributed by atoms with E-state index in [0.717, 1.165) is 19.3 Å². The third-order valence-electron chi connectivity index (χ3n) is 2.75. The first kappa shape index (κ1) is 23.2. The summed E-state index contributed by atoms with van der Waals surface area (Å²) in [4.78, 5) is 31.2. The fraction of sp³-hybridized carbons (Fsp3) is 0.588. The van der Waals surface area contributed by atoms with Gasteiger partial charge in [-0.25, -0.2) is 9.59 Å². The van der Waals surface area contributed by atoms with Crippen molar-refractivity contribution in [2.45, 2.75) is 58.8 Å². The molecule has 0 unspecified atom stereocenters. The molecular formula is C17H28O6. The molecule has 0 aromatic rings. The number of hydrogen-bond acceptors (Lipinski definition) is 4. The van der Waals surface area contributed by atoms with E-state index in [1.54, 1.807) is 0 Å². The number of aliphatic carboxylic acids is 2. The number of unbranched alkanes of at least 4 members (excludes halogenated alkanes) is 5. The molecule has 0 heterocycles. The zero-order chi connectivity index (χ0) is 18.3. The lowest BCUT2D eigenvalue weighted by atomic mass is 10.1. The Balaban J connectivity index is 0. The maximum Gasteiger partial charge on any atom is 0.333 e. The highest BCUT2D eigenvalue weighted by atomic mass is 16.5. The standard InChI is InChI=1S/C13H22O4.C4H6O2/c1-3-4-5-6-7-8-9-17-13(16)11(2)10-12(14)15;1-3(2)4(5)6/h2-10H2,1H3,(H,14,15);1H2,2H3,(H,5,6). The Morgan fingerprint density at radius 3 is 1.87 bits per heavy atom. The molecule has 0 amide bonds. The zero-order valence-corrected chi connectivity index (χ0v) is 14.1. The molecule has 132 valence electrons. The third kappa shape index (κ3) is 17.8. The smallest absolute Gasteiger partial charge is 0.333 e. The van der Waals surface area contributed by atoms with Crippen molar-refractivity contribution in [2.24, 2.45) is 0 Å². The predicted molar refractivity (Wildman–Crippen MR) is 88.2 cm³/mol. The number of rotatable bonds is 11. The van der Waals surface area contributed by atoms with Crippen LogP contribution in [0, 0.1) is 0 Å². The average Bonchev–Trinajstić information content (AvgIpc) is 2.45. The van der Waals surface area contributed by atoms with Crippen LogP contribution < -0.4 is 0 Å². The largest absolute Gasteiger partial charge is 0.481 e. The number of ether oxygens (including phenoxy) is 1. The Labute approximate surface area is 137 Å². The average molecular weight is 328 g/mol. The van der Waals surface area contributed by atoms with Crippen LogP contribution in [0.25, 0.3) is 0 Å². The molecule has 0 spiro atoms. The maximum absolute atomic E-state index is 11.2. The topological polar surface area (TPSA) is 101 Å². The summed E-state index contributed by atoms with van der Waals surface area (Å²) in [7, 11) is 0. The molecule has 23 heavy (non-hydrogen) atoms. The summed E-state index contributed by atoms with van der Waals surface area (Å²) in [6, 6.07) is 0. The Bertz CT molecular complexity index is 399. The molecular weight excluding hydrogens is 300 g/mol. The molecule has 0 atom stereocenters. The van der Waals surface area contributed by atoms with Crippen molar-refractivity contribution in [1.29, 1.82) is 0 Å². The van der Waals surface area contributed by atoms with Gasteiger partial charge in [0.25, 0.3) is 0 Å². The summed E-state index contributed by atoms with van der Waals surface area (Å²) < 4.78 is 4.91. The molecule has 0 aliphatic heterocycles. The zero-order valence-electron chi connectivity index (χ0n) is 14.1. The molecule has 0 rings (SSSR count). The molecule has 0 fully saturated rings. The molecule has 6 heteroatoms. The summed E-state index contributed by atoms with van der Waals surface area (Å²) in [5.41, 5.74) is 0.179. The van der Waals surface area contributed by atoms with Crippen molar-refractivity contribution in [2.75, 3.05) is 6.61 Å². The van der Waals surface area contributed by atoms with Crippen LogP contribution in [-0.4, -0.2) is 34.7 Å².